The molecule has 1 aromatic carbocycles. The Morgan fingerprint density at radius 2 is 2.07 bits per heavy atom. The van der Waals surface area contributed by atoms with Crippen LogP contribution in [0.5, 0.6) is 0 Å². The van der Waals surface area contributed by atoms with E-state index in [1.807, 2.05) is 6.92 Å². The third-order valence-electron chi connectivity index (χ3n) is 6.17. The normalized spacial score (nSPS) is 32.8. The van der Waals surface area contributed by atoms with Crippen LogP contribution in [0.4, 0.5) is 5.69 Å². The highest BCUT2D eigenvalue weighted by molar-refractivity contribution is 6.35. The molecule has 2 fully saturated rings. The highest BCUT2D eigenvalue weighted by Gasteiger charge is 2.74. The number of aliphatic hydroxyl groups excluding tert-OH is 1. The van der Waals surface area contributed by atoms with Crippen molar-refractivity contribution in [2.45, 2.75) is 44.4 Å². The Kier molecular flexibility index (Phi) is 4.29. The molecular formula is C19H23ClN3O4+. The van der Waals surface area contributed by atoms with Gasteiger partial charge in [-0.3, -0.25) is 19.3 Å². The summed E-state index contributed by atoms with van der Waals surface area (Å²) < 4.78 is 0. The number of carbonyl (C=O) groups is 3. The Morgan fingerprint density at radius 1 is 1.33 bits per heavy atom. The van der Waals surface area contributed by atoms with E-state index in [0.717, 1.165) is 6.42 Å². The molecule has 0 radical (unpaired) electrons. The highest BCUT2D eigenvalue weighted by Crippen LogP contribution is 2.50. The first-order chi connectivity index (χ1) is 12.8. The number of benzene rings is 1. The number of nitrogens with two attached hydrogens (primary N) is 1. The number of imide groups is 1. The van der Waals surface area contributed by atoms with Gasteiger partial charge in [0, 0.05) is 12.1 Å². The number of fused-ring (bicyclic) bond motifs is 4. The third kappa shape index (κ3) is 2.31. The predicted molar refractivity (Wildman–Crippen MR) is 97.8 cm³/mol. The average molecular weight is 393 g/mol. The van der Waals surface area contributed by atoms with Crippen LogP contribution in [0, 0.1) is 11.8 Å². The van der Waals surface area contributed by atoms with Crippen LogP contribution in [0.3, 0.4) is 0 Å². The van der Waals surface area contributed by atoms with Crippen LogP contribution in [0.2, 0.25) is 5.02 Å². The smallest absolute Gasteiger partial charge is 0.291 e. The minimum Gasteiger partial charge on any atom is -0.387 e. The minimum atomic E-state index is -1.28. The first-order valence-corrected chi connectivity index (χ1v) is 9.72. The fraction of sp³-hybridized carbons (Fsp3) is 0.526. The molecule has 2 saturated heterocycles. The summed E-state index contributed by atoms with van der Waals surface area (Å²) in [4.78, 5) is 40.7. The van der Waals surface area contributed by atoms with E-state index >= 15 is 0 Å². The van der Waals surface area contributed by atoms with Gasteiger partial charge in [0.2, 0.25) is 17.4 Å². The second kappa shape index (κ2) is 6.29. The molecule has 1 spiro atoms. The molecule has 3 aliphatic rings. The minimum absolute atomic E-state index is 0.291. The van der Waals surface area contributed by atoms with Gasteiger partial charge in [-0.1, -0.05) is 31.0 Å². The van der Waals surface area contributed by atoms with Crippen LogP contribution in [0.25, 0.3) is 0 Å². The van der Waals surface area contributed by atoms with Gasteiger partial charge in [-0.05, 0) is 25.5 Å². The highest BCUT2D eigenvalue weighted by atomic mass is 35.5. The second-order valence-corrected chi connectivity index (χ2v) is 8.06. The number of para-hydroxylation sites is 1. The molecule has 0 aromatic heterocycles. The summed E-state index contributed by atoms with van der Waals surface area (Å²) in [7, 11) is 0. The van der Waals surface area contributed by atoms with Gasteiger partial charge >= 0.3 is 0 Å². The summed E-state index contributed by atoms with van der Waals surface area (Å²) in [5.74, 6) is -2.56. The lowest BCUT2D eigenvalue weighted by molar-refractivity contribution is -0.738. The van der Waals surface area contributed by atoms with Gasteiger partial charge < -0.3 is 15.7 Å². The number of nitrogens with one attached hydrogen (secondary N) is 1. The van der Waals surface area contributed by atoms with Gasteiger partial charge in [0.25, 0.3) is 5.91 Å². The fourth-order valence-corrected chi connectivity index (χ4v) is 5.14. The monoisotopic (exact) mass is 392 g/mol. The molecule has 4 rings (SSSR count). The van der Waals surface area contributed by atoms with E-state index in [1.54, 1.807) is 30.4 Å². The number of anilines is 1. The Balaban J connectivity index is 1.87. The van der Waals surface area contributed by atoms with Crippen LogP contribution in [-0.2, 0) is 19.9 Å². The summed E-state index contributed by atoms with van der Waals surface area (Å²) in [5.41, 5.74) is -0.186. The number of nitrogens with zero attached hydrogens (tertiary/aromatic N) is 1. The molecule has 27 heavy (non-hydrogen) atoms. The molecule has 3 aliphatic heterocycles. The van der Waals surface area contributed by atoms with Crippen LogP contribution in [-0.4, -0.2) is 46.4 Å². The Bertz CT molecular complexity index is 842. The predicted octanol–water partition coefficient (Wildman–Crippen LogP) is 0.215. The molecule has 8 heteroatoms. The van der Waals surface area contributed by atoms with Crippen molar-refractivity contribution in [1.29, 1.82) is 0 Å². The molecule has 5 atom stereocenters. The van der Waals surface area contributed by atoms with Crippen LogP contribution in [0.15, 0.2) is 18.2 Å². The van der Waals surface area contributed by atoms with Crippen molar-refractivity contribution in [1.82, 2.24) is 4.90 Å². The number of aliphatic hydroxyl groups is 1. The molecule has 4 N–H and O–H groups in total. The van der Waals surface area contributed by atoms with Crippen molar-refractivity contribution in [2.24, 2.45) is 11.8 Å². The SMILES string of the molecule is CCCCN1C(=O)[C@@H]2[C@H]([C@@H](C)O)[NH2+][C@@]3(C(=O)Nc4c(Cl)cccc43)[C@@H]2C1=O. The Morgan fingerprint density at radius 3 is 2.74 bits per heavy atom. The first-order valence-electron chi connectivity index (χ1n) is 9.34. The van der Waals surface area contributed by atoms with E-state index in [-0.39, 0.29) is 17.7 Å². The number of likely N-dealkylation sites (tertiary alicyclic amines) is 1. The zero-order valence-corrected chi connectivity index (χ0v) is 16.0. The zero-order chi connectivity index (χ0) is 19.5. The van der Waals surface area contributed by atoms with E-state index < -0.39 is 29.5 Å². The van der Waals surface area contributed by atoms with Gasteiger partial charge in [-0.2, -0.15) is 0 Å². The molecule has 0 aliphatic carbocycles. The molecule has 144 valence electrons. The topological polar surface area (TPSA) is 103 Å². The number of hydrogen-bond acceptors (Lipinski definition) is 4. The van der Waals surface area contributed by atoms with Crippen LogP contribution < -0.4 is 10.6 Å². The number of halogens is 1. The van der Waals surface area contributed by atoms with Crippen molar-refractivity contribution in [2.75, 3.05) is 11.9 Å². The maximum atomic E-state index is 13.3. The van der Waals surface area contributed by atoms with Gasteiger partial charge in [-0.25, -0.2) is 0 Å². The lowest BCUT2D eigenvalue weighted by atomic mass is 9.76. The van der Waals surface area contributed by atoms with Crippen molar-refractivity contribution in [3.8, 4) is 0 Å². The van der Waals surface area contributed by atoms with E-state index in [1.165, 1.54) is 4.90 Å². The molecule has 0 bridgehead atoms. The van der Waals surface area contributed by atoms with Crippen LogP contribution >= 0.6 is 11.6 Å². The van der Waals surface area contributed by atoms with E-state index in [0.29, 0.717) is 29.2 Å². The summed E-state index contributed by atoms with van der Waals surface area (Å²) in [5, 5.41) is 15.2. The standard InChI is InChI=1S/C19H22ClN3O4/c1-3-4-8-23-16(25)12-13(17(23)26)19(22-14(12)9(2)24)10-6-5-7-11(20)15(10)21-18(19)27/h5-7,9,12-14,22,24H,3-4,8H2,1-2H3,(H,21,27)/p+1/t9-,12+,13+,14+,19-/m1/s1. The number of rotatable bonds is 4. The average Bonchev–Trinajstić information content (AvgIpc) is 3.21. The van der Waals surface area contributed by atoms with Crippen molar-refractivity contribution < 1.29 is 24.8 Å². The first kappa shape index (κ1) is 18.4. The summed E-state index contributed by atoms with van der Waals surface area (Å²) in [6.07, 6.45) is 0.708. The van der Waals surface area contributed by atoms with E-state index in [9.17, 15) is 19.5 Å². The van der Waals surface area contributed by atoms with Gasteiger partial charge in [-0.15, -0.1) is 0 Å². The summed E-state index contributed by atoms with van der Waals surface area (Å²) >= 11 is 6.26. The third-order valence-corrected chi connectivity index (χ3v) is 6.48. The molecule has 0 unspecified atom stereocenters. The second-order valence-electron chi connectivity index (χ2n) is 7.66. The molecule has 3 amide bonds. The number of quaternary nitrogens is 1. The maximum absolute atomic E-state index is 13.3. The fourth-order valence-electron chi connectivity index (χ4n) is 4.91. The van der Waals surface area contributed by atoms with Crippen LogP contribution in [0.1, 0.15) is 32.3 Å². The molecule has 0 saturated carbocycles. The van der Waals surface area contributed by atoms with E-state index in [2.05, 4.69) is 5.32 Å². The summed E-state index contributed by atoms with van der Waals surface area (Å²) in [6.45, 7) is 3.92. The molecule has 1 aromatic rings. The lowest BCUT2D eigenvalue weighted by Crippen LogP contribution is -3.00. The van der Waals surface area contributed by atoms with Crippen molar-refractivity contribution in [3.05, 3.63) is 28.8 Å². The van der Waals surface area contributed by atoms with Gasteiger partial charge in [0.1, 0.15) is 24.0 Å². The lowest BCUT2D eigenvalue weighted by Gasteiger charge is -2.27. The number of unbranched alkanes of at least 4 members (excludes halogenated alkanes) is 1. The van der Waals surface area contributed by atoms with E-state index in [4.69, 9.17) is 11.6 Å². The zero-order valence-electron chi connectivity index (χ0n) is 15.2. The molecule has 3 heterocycles. The van der Waals surface area contributed by atoms with Crippen molar-refractivity contribution in [3.63, 3.8) is 0 Å². The molecule has 7 nitrogen and oxygen atoms in total. The largest absolute Gasteiger partial charge is 0.387 e. The Labute approximate surface area is 162 Å². The molecular weight excluding hydrogens is 370 g/mol. The quantitative estimate of drug-likeness (QED) is 0.637. The summed E-state index contributed by atoms with van der Waals surface area (Å²) in [6, 6.07) is 4.60. The van der Waals surface area contributed by atoms with Crippen molar-refractivity contribution >= 4 is 35.0 Å². The number of hydrogen-bond donors (Lipinski definition) is 3. The Hall–Kier alpha value is -1.96. The number of carbonyl (C=O) groups excluding carboxylic acids is 3. The number of amides is 3. The van der Waals surface area contributed by atoms with Gasteiger partial charge in [0.15, 0.2) is 0 Å². The van der Waals surface area contributed by atoms with Gasteiger partial charge in [0.05, 0.1) is 10.7 Å². The maximum Gasteiger partial charge on any atom is 0.291 e.